The first-order valence-electron chi connectivity index (χ1n) is 12.9. The fourth-order valence-corrected chi connectivity index (χ4v) is 6.52. The third kappa shape index (κ3) is 5.78. The van der Waals surface area contributed by atoms with Gasteiger partial charge >= 0.3 is 0 Å². The minimum absolute atomic E-state index is 0.0913. The van der Waals surface area contributed by atoms with Gasteiger partial charge < -0.3 is 10.6 Å². The van der Waals surface area contributed by atoms with Gasteiger partial charge in [0.25, 0.3) is 0 Å². The van der Waals surface area contributed by atoms with E-state index in [0.717, 1.165) is 41.6 Å². The van der Waals surface area contributed by atoms with Crippen LogP contribution in [0.3, 0.4) is 0 Å². The molecule has 40 heavy (non-hydrogen) atoms. The Labute approximate surface area is 239 Å². The van der Waals surface area contributed by atoms with Crippen LogP contribution in [0.2, 0.25) is 0 Å². The van der Waals surface area contributed by atoms with Crippen molar-refractivity contribution in [3.63, 3.8) is 0 Å². The minimum atomic E-state index is -0.209. The summed E-state index contributed by atoms with van der Waals surface area (Å²) in [5.74, 6) is -0.417. The molecule has 2 amide bonds. The van der Waals surface area contributed by atoms with E-state index in [1.54, 1.807) is 22.7 Å². The minimum Gasteiger partial charge on any atom is -0.326 e. The molecule has 6 rings (SSSR count). The van der Waals surface area contributed by atoms with Gasteiger partial charge in [-0.2, -0.15) is 0 Å². The zero-order valence-electron chi connectivity index (χ0n) is 22.0. The van der Waals surface area contributed by atoms with Crippen LogP contribution in [0.5, 0.6) is 0 Å². The third-order valence-corrected chi connectivity index (χ3v) is 8.63. The SMILES string of the molecule is Cc1ccc2nc(-c3ccc(NC(=O)CCC(=O)Nc4ccc(-c5nc6ccc(C)cc6s5)cc4)cc3)sc2c1. The number of carbonyl (C=O) groups excluding carboxylic acids is 2. The monoisotopic (exact) mass is 562 g/mol. The standard InChI is InChI=1S/C32H26N4O2S2/c1-19-3-13-25-27(17-19)39-31(35-25)21-5-9-23(10-6-21)33-29(37)15-16-30(38)34-24-11-7-22(8-12-24)32-36-26-14-4-20(2)18-28(26)40-32/h3-14,17-18H,15-16H2,1-2H3,(H,33,37)(H,34,38). The van der Waals surface area contributed by atoms with Crippen molar-refractivity contribution < 1.29 is 9.59 Å². The number of hydrogen-bond donors (Lipinski definition) is 2. The lowest BCUT2D eigenvalue weighted by Gasteiger charge is -2.07. The second-order valence-electron chi connectivity index (χ2n) is 9.73. The van der Waals surface area contributed by atoms with E-state index in [1.807, 2.05) is 60.7 Å². The van der Waals surface area contributed by atoms with E-state index in [4.69, 9.17) is 9.97 Å². The molecule has 0 aliphatic carbocycles. The normalized spacial score (nSPS) is 11.2. The van der Waals surface area contributed by atoms with Crippen LogP contribution in [0.4, 0.5) is 11.4 Å². The maximum atomic E-state index is 12.5. The Hall–Kier alpha value is -4.40. The molecule has 2 N–H and O–H groups in total. The Bertz CT molecular complexity index is 1720. The van der Waals surface area contributed by atoms with Gasteiger partial charge in [0.05, 0.1) is 20.4 Å². The lowest BCUT2D eigenvalue weighted by Crippen LogP contribution is -2.17. The molecular weight excluding hydrogens is 537 g/mol. The number of hydrogen-bond acceptors (Lipinski definition) is 6. The number of rotatable bonds is 7. The van der Waals surface area contributed by atoms with Crippen molar-refractivity contribution >= 4 is 66.3 Å². The summed E-state index contributed by atoms with van der Waals surface area (Å²) >= 11 is 3.30. The van der Waals surface area contributed by atoms with E-state index >= 15 is 0 Å². The lowest BCUT2D eigenvalue weighted by molar-refractivity contribution is -0.121. The summed E-state index contributed by atoms with van der Waals surface area (Å²) in [7, 11) is 0. The number of amides is 2. The number of thiazole rings is 2. The molecule has 0 fully saturated rings. The molecular formula is C32H26N4O2S2. The van der Waals surface area contributed by atoms with Crippen LogP contribution in [-0.2, 0) is 9.59 Å². The van der Waals surface area contributed by atoms with E-state index in [0.29, 0.717) is 11.4 Å². The molecule has 198 valence electrons. The molecule has 4 aromatic carbocycles. The molecule has 2 aromatic heterocycles. The van der Waals surface area contributed by atoms with Crippen molar-refractivity contribution in [1.82, 2.24) is 9.97 Å². The molecule has 0 saturated heterocycles. The zero-order chi connectivity index (χ0) is 27.6. The van der Waals surface area contributed by atoms with Gasteiger partial charge in [0.15, 0.2) is 0 Å². The largest absolute Gasteiger partial charge is 0.326 e. The summed E-state index contributed by atoms with van der Waals surface area (Å²) in [6.07, 6.45) is 0.183. The Morgan fingerprint density at radius 3 is 1.40 bits per heavy atom. The van der Waals surface area contributed by atoms with E-state index in [-0.39, 0.29) is 24.7 Å². The number of benzene rings is 4. The van der Waals surface area contributed by atoms with Crippen LogP contribution in [0.1, 0.15) is 24.0 Å². The first-order valence-corrected chi connectivity index (χ1v) is 14.6. The van der Waals surface area contributed by atoms with E-state index in [2.05, 4.69) is 48.7 Å². The molecule has 0 saturated carbocycles. The highest BCUT2D eigenvalue weighted by Gasteiger charge is 2.11. The second kappa shape index (κ2) is 11.0. The molecule has 8 heteroatoms. The molecule has 0 aliphatic heterocycles. The predicted molar refractivity (Wildman–Crippen MR) is 166 cm³/mol. The topological polar surface area (TPSA) is 84.0 Å². The van der Waals surface area contributed by atoms with Crippen LogP contribution >= 0.6 is 22.7 Å². The molecule has 0 aliphatic rings. The number of carbonyl (C=O) groups is 2. The van der Waals surface area contributed by atoms with Crippen molar-refractivity contribution in [3.05, 3.63) is 96.1 Å². The van der Waals surface area contributed by atoms with Crippen molar-refractivity contribution in [3.8, 4) is 21.1 Å². The van der Waals surface area contributed by atoms with Gasteiger partial charge in [-0.15, -0.1) is 22.7 Å². The maximum Gasteiger partial charge on any atom is 0.224 e. The number of nitrogens with zero attached hydrogens (tertiary/aromatic N) is 2. The molecule has 2 heterocycles. The van der Waals surface area contributed by atoms with Crippen LogP contribution in [0.15, 0.2) is 84.9 Å². The van der Waals surface area contributed by atoms with Gasteiger partial charge in [-0.05, 0) is 97.8 Å². The van der Waals surface area contributed by atoms with Gasteiger partial charge in [0.1, 0.15) is 10.0 Å². The average Bonchev–Trinajstić information content (AvgIpc) is 3.56. The highest BCUT2D eigenvalue weighted by atomic mass is 32.1. The number of anilines is 2. The highest BCUT2D eigenvalue weighted by molar-refractivity contribution is 7.22. The van der Waals surface area contributed by atoms with E-state index in [1.165, 1.54) is 11.1 Å². The second-order valence-corrected chi connectivity index (χ2v) is 11.8. The summed E-state index contributed by atoms with van der Waals surface area (Å²) in [6, 6.07) is 27.7. The maximum absolute atomic E-state index is 12.5. The molecule has 0 atom stereocenters. The molecule has 0 radical (unpaired) electrons. The van der Waals surface area contributed by atoms with Crippen LogP contribution in [-0.4, -0.2) is 21.8 Å². The number of fused-ring (bicyclic) bond motifs is 2. The summed E-state index contributed by atoms with van der Waals surface area (Å²) in [4.78, 5) is 34.4. The van der Waals surface area contributed by atoms with Gasteiger partial charge in [0, 0.05) is 35.3 Å². The highest BCUT2D eigenvalue weighted by Crippen LogP contribution is 2.32. The van der Waals surface area contributed by atoms with Crippen molar-refractivity contribution in [1.29, 1.82) is 0 Å². The molecule has 6 aromatic rings. The zero-order valence-corrected chi connectivity index (χ0v) is 23.7. The van der Waals surface area contributed by atoms with Crippen molar-refractivity contribution in [2.24, 2.45) is 0 Å². The smallest absolute Gasteiger partial charge is 0.224 e. The molecule has 0 unspecified atom stereocenters. The number of nitrogens with one attached hydrogen (secondary N) is 2. The van der Waals surface area contributed by atoms with Gasteiger partial charge in [-0.25, -0.2) is 9.97 Å². The number of aromatic nitrogens is 2. The first-order chi connectivity index (χ1) is 19.4. The van der Waals surface area contributed by atoms with Crippen LogP contribution in [0.25, 0.3) is 41.6 Å². The molecule has 6 nitrogen and oxygen atoms in total. The predicted octanol–water partition coefficient (Wildman–Crippen LogP) is 8.21. The summed E-state index contributed by atoms with van der Waals surface area (Å²) in [5.41, 5.74) is 7.77. The molecule has 0 bridgehead atoms. The summed E-state index contributed by atoms with van der Waals surface area (Å²) in [5, 5.41) is 7.63. The summed E-state index contributed by atoms with van der Waals surface area (Å²) < 4.78 is 2.31. The lowest BCUT2D eigenvalue weighted by atomic mass is 10.2. The van der Waals surface area contributed by atoms with E-state index < -0.39 is 0 Å². The van der Waals surface area contributed by atoms with Crippen LogP contribution < -0.4 is 10.6 Å². The Kier molecular flexibility index (Phi) is 7.11. The third-order valence-electron chi connectivity index (χ3n) is 6.50. The van der Waals surface area contributed by atoms with Crippen LogP contribution in [0, 0.1) is 13.8 Å². The quantitative estimate of drug-likeness (QED) is 0.205. The van der Waals surface area contributed by atoms with Gasteiger partial charge in [-0.3, -0.25) is 9.59 Å². The molecule has 0 spiro atoms. The average molecular weight is 563 g/mol. The number of aryl methyl sites for hydroxylation is 2. The first kappa shape index (κ1) is 25.9. The Morgan fingerprint density at radius 2 is 1.00 bits per heavy atom. The Morgan fingerprint density at radius 1 is 0.600 bits per heavy atom. The van der Waals surface area contributed by atoms with Gasteiger partial charge in [0.2, 0.25) is 11.8 Å². The fraction of sp³-hybridized carbons (Fsp3) is 0.125. The van der Waals surface area contributed by atoms with Gasteiger partial charge in [-0.1, -0.05) is 12.1 Å². The van der Waals surface area contributed by atoms with E-state index in [9.17, 15) is 9.59 Å². The fourth-order valence-electron chi connectivity index (χ4n) is 4.38. The Balaban J connectivity index is 1.00. The summed E-state index contributed by atoms with van der Waals surface area (Å²) in [6.45, 7) is 4.15. The van der Waals surface area contributed by atoms with Crippen molar-refractivity contribution in [2.75, 3.05) is 10.6 Å². The van der Waals surface area contributed by atoms with Crippen molar-refractivity contribution in [2.45, 2.75) is 26.7 Å².